The zero-order valence-corrected chi connectivity index (χ0v) is 18.7. The molecule has 0 atom stereocenters. The largest absolute Gasteiger partial charge is 0.500 e. The molecule has 148 valence electrons. The molecule has 8 nitrogen and oxygen atoms in total. The van der Waals surface area contributed by atoms with E-state index in [4.69, 9.17) is 26.6 Å². The maximum Gasteiger partial charge on any atom is 0.500 e. The van der Waals surface area contributed by atoms with Gasteiger partial charge in [-0.2, -0.15) is 0 Å². The van der Waals surface area contributed by atoms with Gasteiger partial charge in [-0.15, -0.1) is 0 Å². The van der Waals surface area contributed by atoms with Gasteiger partial charge < -0.3 is 37.2 Å². The van der Waals surface area contributed by atoms with Crippen LogP contribution >= 0.6 is 0 Å². The summed E-state index contributed by atoms with van der Waals surface area (Å²) in [6.07, 6.45) is 2.02. The van der Waals surface area contributed by atoms with E-state index in [2.05, 4.69) is 10.6 Å². The van der Waals surface area contributed by atoms with E-state index in [0.29, 0.717) is 0 Å². The highest BCUT2D eigenvalue weighted by atomic mass is 28.4. The van der Waals surface area contributed by atoms with Gasteiger partial charge in [0.25, 0.3) is 0 Å². The lowest BCUT2D eigenvalue weighted by Gasteiger charge is -2.24. The molecule has 2 N–H and O–H groups in total. The molecule has 0 saturated heterocycles. The van der Waals surface area contributed by atoms with Gasteiger partial charge in [-0.25, -0.2) is 0 Å². The second kappa shape index (κ2) is 16.6. The summed E-state index contributed by atoms with van der Waals surface area (Å²) in [7, 11) is 9.09. The number of rotatable bonds is 14. The Balaban J connectivity index is 0. The van der Waals surface area contributed by atoms with Crippen LogP contribution < -0.4 is 10.6 Å². The molecule has 0 saturated carbocycles. The van der Waals surface area contributed by atoms with Crippen molar-refractivity contribution in [3.63, 3.8) is 0 Å². The molecule has 0 rings (SSSR count). The molecule has 0 aromatic carbocycles. The lowest BCUT2D eigenvalue weighted by atomic mass is 10.5. The normalized spacial score (nSPS) is 12.0. The van der Waals surface area contributed by atoms with Crippen LogP contribution in [0.2, 0.25) is 12.1 Å². The third-order valence-corrected chi connectivity index (χ3v) is 9.35. The van der Waals surface area contributed by atoms with Crippen LogP contribution in [0.5, 0.6) is 0 Å². The monoisotopic (exact) mass is 386 g/mol. The molecule has 0 aliphatic heterocycles. The summed E-state index contributed by atoms with van der Waals surface area (Å²) >= 11 is 0. The van der Waals surface area contributed by atoms with Crippen molar-refractivity contribution in [3.8, 4) is 0 Å². The molecule has 0 unspecified atom stereocenters. The van der Waals surface area contributed by atoms with Crippen LogP contribution in [-0.2, 0) is 26.6 Å². The Kier molecular flexibility index (Phi) is 18.2. The van der Waals surface area contributed by atoms with E-state index in [-0.39, 0.29) is 0 Å². The molecular weight excluding hydrogens is 348 g/mol. The van der Waals surface area contributed by atoms with E-state index in [1.165, 1.54) is 0 Å². The molecule has 0 fully saturated rings. The Morgan fingerprint density at radius 3 is 0.958 bits per heavy atom. The maximum absolute atomic E-state index is 5.25. The first-order valence-corrected chi connectivity index (χ1v) is 12.0. The van der Waals surface area contributed by atoms with Crippen LogP contribution in [0.15, 0.2) is 0 Å². The minimum Gasteiger partial charge on any atom is -0.377 e. The molecule has 0 spiro atoms. The molecule has 0 radical (unpaired) electrons. The zero-order valence-electron chi connectivity index (χ0n) is 16.7. The van der Waals surface area contributed by atoms with Crippen LogP contribution in [0.1, 0.15) is 12.8 Å². The molecule has 24 heavy (non-hydrogen) atoms. The van der Waals surface area contributed by atoms with Gasteiger partial charge in [0.1, 0.15) is 0 Å². The summed E-state index contributed by atoms with van der Waals surface area (Å²) in [5, 5.41) is 6.14. The third kappa shape index (κ3) is 10.9. The average molecular weight is 387 g/mol. The number of nitrogens with one attached hydrogen (secondary N) is 2. The summed E-state index contributed by atoms with van der Waals surface area (Å²) in [6.45, 7) is 1.93. The van der Waals surface area contributed by atoms with Crippen LogP contribution in [0.25, 0.3) is 0 Å². The van der Waals surface area contributed by atoms with Crippen molar-refractivity contribution >= 4 is 17.6 Å². The van der Waals surface area contributed by atoms with Gasteiger partial charge in [0.2, 0.25) is 0 Å². The Bertz CT molecular complexity index is 227. The van der Waals surface area contributed by atoms with Gasteiger partial charge in [0, 0.05) is 54.7 Å². The van der Waals surface area contributed by atoms with Gasteiger partial charge in [0.15, 0.2) is 0 Å². The van der Waals surface area contributed by atoms with E-state index >= 15 is 0 Å². The molecular formula is C14H38N2O6Si2. The number of hydrogen-bond acceptors (Lipinski definition) is 8. The highest BCUT2D eigenvalue weighted by Gasteiger charge is 2.37. The summed E-state index contributed by atoms with van der Waals surface area (Å²) < 4.78 is 31.5. The van der Waals surface area contributed by atoms with Crippen molar-refractivity contribution < 1.29 is 26.6 Å². The molecule has 0 bridgehead atoms. The second-order valence-corrected chi connectivity index (χ2v) is 11.2. The second-order valence-electron chi connectivity index (χ2n) is 5.00. The smallest absolute Gasteiger partial charge is 0.377 e. The predicted octanol–water partition coefficient (Wildman–Crippen LogP) is 0.948. The highest BCUT2D eigenvalue weighted by Crippen LogP contribution is 2.14. The van der Waals surface area contributed by atoms with Gasteiger partial charge in [-0.05, 0) is 40.0 Å². The number of hydrogen-bond donors (Lipinski definition) is 2. The first kappa shape index (κ1) is 26.3. The van der Waals surface area contributed by atoms with Crippen LogP contribution in [0.3, 0.4) is 0 Å². The van der Waals surface area contributed by atoms with Crippen molar-refractivity contribution in [2.75, 3.05) is 69.8 Å². The molecule has 0 heterocycles. The predicted molar refractivity (Wildman–Crippen MR) is 100 cm³/mol. The Morgan fingerprint density at radius 2 is 0.792 bits per heavy atom. The first-order chi connectivity index (χ1) is 11.5. The summed E-state index contributed by atoms with van der Waals surface area (Å²) in [4.78, 5) is 0. The molecule has 10 heteroatoms. The lowest BCUT2D eigenvalue weighted by Crippen LogP contribution is -2.43. The standard InChI is InChI=1S/2C7H19NO3Si/c2*1-8-6-5-7-12(9-2,10-3)11-4/h2*8H,5-7H2,1-4H3. The van der Waals surface area contributed by atoms with E-state index in [1.54, 1.807) is 42.7 Å². The quantitative estimate of drug-likeness (QED) is 0.337. The molecule has 0 aliphatic rings. The Morgan fingerprint density at radius 1 is 0.542 bits per heavy atom. The highest BCUT2D eigenvalue weighted by molar-refractivity contribution is 6.60. The minimum absolute atomic E-state index is 0.858. The van der Waals surface area contributed by atoms with Crippen molar-refractivity contribution in [2.24, 2.45) is 0 Å². The molecule has 0 aliphatic carbocycles. The van der Waals surface area contributed by atoms with Crippen molar-refractivity contribution in [1.29, 1.82) is 0 Å². The van der Waals surface area contributed by atoms with E-state index in [1.807, 2.05) is 14.1 Å². The summed E-state index contributed by atoms with van der Waals surface area (Å²) in [5.41, 5.74) is 0. The maximum atomic E-state index is 5.25. The topological polar surface area (TPSA) is 79.4 Å². The Labute approximate surface area is 150 Å². The fourth-order valence-corrected chi connectivity index (χ4v) is 5.52. The van der Waals surface area contributed by atoms with Crippen molar-refractivity contribution in [2.45, 2.75) is 24.9 Å². The fourth-order valence-electron chi connectivity index (χ4n) is 2.08. The van der Waals surface area contributed by atoms with Gasteiger partial charge in [-0.1, -0.05) is 0 Å². The lowest BCUT2D eigenvalue weighted by molar-refractivity contribution is 0.122. The first-order valence-electron chi connectivity index (χ1n) is 8.09. The van der Waals surface area contributed by atoms with Crippen LogP contribution in [-0.4, -0.2) is 87.5 Å². The van der Waals surface area contributed by atoms with Crippen LogP contribution in [0.4, 0.5) is 0 Å². The molecule has 0 aromatic heterocycles. The van der Waals surface area contributed by atoms with Gasteiger partial charge in [-0.3, -0.25) is 0 Å². The summed E-state index contributed by atoms with van der Waals surface area (Å²) in [6, 6.07) is 1.72. The molecule has 0 aromatic rings. The SMILES string of the molecule is CNCCC[Si](OC)(OC)OC.CNCCC[Si](OC)(OC)OC. The third-order valence-electron chi connectivity index (χ3n) is 3.69. The van der Waals surface area contributed by atoms with Crippen LogP contribution in [0, 0.1) is 0 Å². The minimum atomic E-state index is -2.29. The summed E-state index contributed by atoms with van der Waals surface area (Å²) in [5.74, 6) is 0. The average Bonchev–Trinajstić information content (AvgIpc) is 2.64. The molecule has 0 amide bonds. The zero-order chi connectivity index (χ0) is 18.9. The Hall–Kier alpha value is 0.114. The van der Waals surface area contributed by atoms with Crippen molar-refractivity contribution in [1.82, 2.24) is 10.6 Å². The van der Waals surface area contributed by atoms with E-state index in [0.717, 1.165) is 38.0 Å². The van der Waals surface area contributed by atoms with Gasteiger partial charge >= 0.3 is 17.6 Å². The fraction of sp³-hybridized carbons (Fsp3) is 1.00. The van der Waals surface area contributed by atoms with E-state index in [9.17, 15) is 0 Å². The van der Waals surface area contributed by atoms with Crippen molar-refractivity contribution in [3.05, 3.63) is 0 Å². The van der Waals surface area contributed by atoms with Gasteiger partial charge in [0.05, 0.1) is 0 Å². The van der Waals surface area contributed by atoms with E-state index < -0.39 is 17.6 Å².